The van der Waals surface area contributed by atoms with Crippen LogP contribution < -0.4 is 0 Å². The van der Waals surface area contributed by atoms with Gasteiger partial charge >= 0.3 is 0 Å². The summed E-state index contributed by atoms with van der Waals surface area (Å²) in [5.41, 5.74) is 1.68. The molecule has 2 heterocycles. The second kappa shape index (κ2) is 6.06. The van der Waals surface area contributed by atoms with Crippen molar-refractivity contribution in [2.75, 3.05) is 13.2 Å². The van der Waals surface area contributed by atoms with Crippen LogP contribution in [0.4, 0.5) is 0 Å². The highest BCUT2D eigenvalue weighted by Gasteiger charge is 2.26. The average Bonchev–Trinajstić information content (AvgIpc) is 3.01. The molecule has 1 amide bonds. The van der Waals surface area contributed by atoms with Gasteiger partial charge in [-0.2, -0.15) is 0 Å². The van der Waals surface area contributed by atoms with Crippen LogP contribution in [0, 0.1) is 0 Å². The highest BCUT2D eigenvalue weighted by atomic mass is 16.3. The summed E-state index contributed by atoms with van der Waals surface area (Å²) < 4.78 is 0. The van der Waals surface area contributed by atoms with Crippen LogP contribution in [0.2, 0.25) is 0 Å². The van der Waals surface area contributed by atoms with Gasteiger partial charge in [-0.25, -0.2) is 4.98 Å². The van der Waals surface area contributed by atoms with Crippen LogP contribution in [0.3, 0.4) is 0 Å². The molecule has 4 nitrogen and oxygen atoms in total. The van der Waals surface area contributed by atoms with Gasteiger partial charge in [0.2, 0.25) is 5.91 Å². The van der Waals surface area contributed by atoms with E-state index < -0.39 is 0 Å². The lowest BCUT2D eigenvalue weighted by molar-refractivity contribution is -0.127. The lowest BCUT2D eigenvalue weighted by atomic mass is 10.2. The zero-order valence-electron chi connectivity index (χ0n) is 11.8. The quantitative estimate of drug-likeness (QED) is 0.878. The molecule has 1 aromatic heterocycles. The van der Waals surface area contributed by atoms with Crippen molar-refractivity contribution in [3.63, 3.8) is 0 Å². The van der Waals surface area contributed by atoms with Crippen molar-refractivity contribution in [3.8, 4) is 0 Å². The number of benzene rings is 1. The number of aromatic nitrogens is 1. The summed E-state index contributed by atoms with van der Waals surface area (Å²) in [5, 5.41) is 10.3. The van der Waals surface area contributed by atoms with Gasteiger partial charge in [-0.15, -0.1) is 0 Å². The van der Waals surface area contributed by atoms with Gasteiger partial charge < -0.3 is 10.0 Å². The fourth-order valence-corrected chi connectivity index (χ4v) is 2.74. The summed E-state index contributed by atoms with van der Waals surface area (Å²) in [5.74, 6) is -0.0542. The number of aliphatic hydroxyl groups is 1. The molecule has 1 atom stereocenters. The van der Waals surface area contributed by atoms with E-state index in [1.54, 1.807) is 17.1 Å². The first-order valence-electron chi connectivity index (χ1n) is 7.23. The normalized spacial score (nSPS) is 18.7. The number of carbonyl (C=O) groups excluding carboxylic acids is 1. The topological polar surface area (TPSA) is 53.4 Å². The summed E-state index contributed by atoms with van der Waals surface area (Å²) in [6, 6.07) is 11.8. The van der Waals surface area contributed by atoms with Crippen molar-refractivity contribution in [2.45, 2.75) is 18.9 Å². The molecule has 0 spiro atoms. The van der Waals surface area contributed by atoms with Crippen molar-refractivity contribution in [2.24, 2.45) is 0 Å². The highest BCUT2D eigenvalue weighted by Crippen LogP contribution is 2.17. The Morgan fingerprint density at radius 1 is 1.33 bits per heavy atom. The third-order valence-electron chi connectivity index (χ3n) is 3.89. The smallest absolute Gasteiger partial charge is 0.246 e. The average molecular weight is 282 g/mol. The number of carbonyl (C=O) groups is 1. The maximum absolute atomic E-state index is 12.2. The SMILES string of the molecule is O=C(/C=C/c1ccc2ccccc2n1)N1CCCC1CO. The largest absolute Gasteiger partial charge is 0.394 e. The maximum Gasteiger partial charge on any atom is 0.246 e. The van der Waals surface area contributed by atoms with Crippen molar-refractivity contribution in [1.82, 2.24) is 9.88 Å². The van der Waals surface area contributed by atoms with E-state index in [0.29, 0.717) is 0 Å². The molecule has 108 valence electrons. The van der Waals surface area contributed by atoms with E-state index in [-0.39, 0.29) is 18.6 Å². The standard InChI is InChI=1S/C17H18N2O2/c20-12-15-5-3-11-19(15)17(21)10-9-14-8-7-13-4-1-2-6-16(13)18-14/h1-2,4,6-10,15,20H,3,5,11-12H2/b10-9+. The number of hydrogen-bond acceptors (Lipinski definition) is 3. The molecule has 0 saturated carbocycles. The van der Waals surface area contributed by atoms with Crippen LogP contribution in [0.15, 0.2) is 42.5 Å². The molecule has 0 bridgehead atoms. The van der Waals surface area contributed by atoms with E-state index >= 15 is 0 Å². The van der Waals surface area contributed by atoms with Crippen molar-refractivity contribution in [1.29, 1.82) is 0 Å². The van der Waals surface area contributed by atoms with E-state index in [0.717, 1.165) is 36.0 Å². The molecular formula is C17H18N2O2. The van der Waals surface area contributed by atoms with Crippen LogP contribution in [0.1, 0.15) is 18.5 Å². The molecule has 1 aliphatic rings. The molecule has 0 radical (unpaired) electrons. The van der Waals surface area contributed by atoms with E-state index in [2.05, 4.69) is 4.98 Å². The third-order valence-corrected chi connectivity index (χ3v) is 3.89. The molecule has 1 aromatic carbocycles. The van der Waals surface area contributed by atoms with Crippen molar-refractivity contribution in [3.05, 3.63) is 48.2 Å². The van der Waals surface area contributed by atoms with Gasteiger partial charge in [0.1, 0.15) is 0 Å². The Kier molecular flexibility index (Phi) is 3.97. The summed E-state index contributed by atoms with van der Waals surface area (Å²) in [7, 11) is 0. The first-order chi connectivity index (χ1) is 10.3. The number of pyridine rings is 1. The fraction of sp³-hybridized carbons (Fsp3) is 0.294. The minimum atomic E-state index is -0.0542. The van der Waals surface area contributed by atoms with Gasteiger partial charge in [0, 0.05) is 18.0 Å². The predicted octanol–water partition coefficient (Wildman–Crippen LogP) is 2.23. The van der Waals surface area contributed by atoms with Gasteiger partial charge in [0.05, 0.1) is 23.9 Å². The highest BCUT2D eigenvalue weighted by molar-refractivity contribution is 5.92. The van der Waals surface area contributed by atoms with Gasteiger partial charge in [-0.05, 0) is 31.1 Å². The lowest BCUT2D eigenvalue weighted by Gasteiger charge is -2.21. The summed E-state index contributed by atoms with van der Waals surface area (Å²) in [4.78, 5) is 18.4. The number of rotatable bonds is 3. The molecular weight excluding hydrogens is 264 g/mol. The Hall–Kier alpha value is -2.20. The van der Waals surface area contributed by atoms with Crippen LogP contribution >= 0.6 is 0 Å². The molecule has 3 rings (SSSR count). The van der Waals surface area contributed by atoms with Crippen molar-refractivity contribution < 1.29 is 9.90 Å². The molecule has 1 aliphatic heterocycles. The van der Waals surface area contributed by atoms with E-state index in [9.17, 15) is 9.90 Å². The molecule has 1 N–H and O–H groups in total. The number of likely N-dealkylation sites (tertiary alicyclic amines) is 1. The van der Waals surface area contributed by atoms with Crippen LogP contribution in [-0.2, 0) is 4.79 Å². The van der Waals surface area contributed by atoms with E-state index in [1.165, 1.54) is 0 Å². The number of nitrogens with zero attached hydrogens (tertiary/aromatic N) is 2. The second-order valence-corrected chi connectivity index (χ2v) is 5.27. The molecule has 4 heteroatoms. The van der Waals surface area contributed by atoms with Crippen LogP contribution in [-0.4, -0.2) is 40.1 Å². The maximum atomic E-state index is 12.2. The van der Waals surface area contributed by atoms with E-state index in [4.69, 9.17) is 0 Å². The number of amides is 1. The molecule has 1 saturated heterocycles. The Bertz CT molecular complexity index is 681. The summed E-state index contributed by atoms with van der Waals surface area (Å²) in [6.45, 7) is 0.757. The van der Waals surface area contributed by atoms with Crippen molar-refractivity contribution >= 4 is 22.9 Å². The molecule has 21 heavy (non-hydrogen) atoms. The molecule has 1 fully saturated rings. The first kappa shape index (κ1) is 13.8. The summed E-state index contributed by atoms with van der Waals surface area (Å²) in [6.07, 6.45) is 5.12. The summed E-state index contributed by atoms with van der Waals surface area (Å²) >= 11 is 0. The van der Waals surface area contributed by atoms with Crippen LogP contribution in [0.25, 0.3) is 17.0 Å². The Balaban J connectivity index is 1.76. The van der Waals surface area contributed by atoms with Gasteiger partial charge in [-0.1, -0.05) is 24.3 Å². The zero-order chi connectivity index (χ0) is 14.7. The third kappa shape index (κ3) is 2.95. The minimum absolute atomic E-state index is 0.0355. The fourth-order valence-electron chi connectivity index (χ4n) is 2.74. The molecule has 1 unspecified atom stereocenters. The minimum Gasteiger partial charge on any atom is -0.394 e. The first-order valence-corrected chi connectivity index (χ1v) is 7.23. The Morgan fingerprint density at radius 3 is 3.05 bits per heavy atom. The lowest BCUT2D eigenvalue weighted by Crippen LogP contribution is -2.36. The van der Waals surface area contributed by atoms with E-state index in [1.807, 2.05) is 36.4 Å². The van der Waals surface area contributed by atoms with Gasteiger partial charge in [0.15, 0.2) is 0 Å². The number of hydrogen-bond donors (Lipinski definition) is 1. The van der Waals surface area contributed by atoms with Gasteiger partial charge in [0.25, 0.3) is 0 Å². The Morgan fingerprint density at radius 2 is 2.19 bits per heavy atom. The molecule has 2 aromatic rings. The second-order valence-electron chi connectivity index (χ2n) is 5.27. The zero-order valence-corrected chi connectivity index (χ0v) is 11.8. The number of fused-ring (bicyclic) bond motifs is 1. The Labute approximate surface area is 123 Å². The number of aliphatic hydroxyl groups excluding tert-OH is 1. The number of para-hydroxylation sites is 1. The predicted molar refractivity (Wildman–Crippen MR) is 82.6 cm³/mol. The van der Waals surface area contributed by atoms with Gasteiger partial charge in [-0.3, -0.25) is 4.79 Å². The van der Waals surface area contributed by atoms with Crippen LogP contribution in [0.5, 0.6) is 0 Å². The molecule has 0 aliphatic carbocycles. The monoisotopic (exact) mass is 282 g/mol.